The molecule has 1 amide bonds. The number of hydrogen-bond acceptors (Lipinski definition) is 9. The molecule has 39 heavy (non-hydrogen) atoms. The maximum atomic E-state index is 12.5. The quantitative estimate of drug-likeness (QED) is 0.431. The van der Waals surface area contributed by atoms with Gasteiger partial charge in [0.2, 0.25) is 11.8 Å². The van der Waals surface area contributed by atoms with Gasteiger partial charge >= 0.3 is 5.97 Å². The maximum absolute atomic E-state index is 12.5. The second kappa shape index (κ2) is 9.44. The molecule has 2 aliphatic rings. The van der Waals surface area contributed by atoms with Gasteiger partial charge in [-0.05, 0) is 63.3 Å². The number of hydrogen-bond donors (Lipinski definition) is 2. The van der Waals surface area contributed by atoms with Gasteiger partial charge in [0.05, 0.1) is 23.3 Å². The van der Waals surface area contributed by atoms with Crippen LogP contribution in [0.25, 0.3) is 10.8 Å². The lowest BCUT2D eigenvalue weighted by Gasteiger charge is -2.36. The van der Waals surface area contributed by atoms with E-state index in [1.165, 1.54) is 0 Å². The highest BCUT2D eigenvalue weighted by Gasteiger charge is 2.44. The molecule has 10 nitrogen and oxygen atoms in total. The number of carbonyl (C=O) groups is 2. The molecule has 3 aromatic heterocycles. The number of nitrogens with two attached hydrogens (primary N) is 1. The Balaban J connectivity index is 1.43. The Labute approximate surface area is 228 Å². The number of pyridine rings is 3. The van der Waals surface area contributed by atoms with Gasteiger partial charge in [-0.25, -0.2) is 19.7 Å². The molecule has 206 valence electrons. The summed E-state index contributed by atoms with van der Waals surface area (Å²) in [5.41, 5.74) is 7.20. The van der Waals surface area contributed by atoms with Crippen LogP contribution < -0.4 is 15.8 Å². The lowest BCUT2D eigenvalue weighted by Crippen LogP contribution is -2.39. The Morgan fingerprint density at radius 1 is 1.21 bits per heavy atom. The fourth-order valence-corrected chi connectivity index (χ4v) is 4.95. The van der Waals surface area contributed by atoms with E-state index >= 15 is 0 Å². The number of ether oxygens (including phenoxy) is 2. The Hall–Kier alpha value is -3.79. The molecule has 0 saturated heterocycles. The van der Waals surface area contributed by atoms with Crippen LogP contribution in [0.2, 0.25) is 0 Å². The molecular formula is C29H36N6O4. The third kappa shape index (κ3) is 5.13. The second-order valence-electron chi connectivity index (χ2n) is 11.9. The lowest BCUT2D eigenvalue weighted by molar-refractivity contribution is -0.130. The van der Waals surface area contributed by atoms with Gasteiger partial charge < -0.3 is 25.4 Å². The molecule has 0 bridgehead atoms. The zero-order valence-electron chi connectivity index (χ0n) is 23.5. The fourth-order valence-electron chi connectivity index (χ4n) is 4.95. The van der Waals surface area contributed by atoms with E-state index in [1.807, 2.05) is 40.7 Å². The van der Waals surface area contributed by atoms with Crippen LogP contribution in [0.1, 0.15) is 68.6 Å². The van der Waals surface area contributed by atoms with E-state index in [9.17, 15) is 9.59 Å². The van der Waals surface area contributed by atoms with Crippen LogP contribution in [0, 0.1) is 11.8 Å². The minimum atomic E-state index is -0.659. The van der Waals surface area contributed by atoms with Crippen LogP contribution in [0.15, 0.2) is 30.6 Å². The minimum absolute atomic E-state index is 0.00158. The number of cyclic esters (lactones) is 1. The smallest absolute Gasteiger partial charge is 0.340 e. The molecule has 1 saturated carbocycles. The highest BCUT2D eigenvalue weighted by molar-refractivity contribution is 5.93. The predicted octanol–water partition coefficient (Wildman–Crippen LogP) is 4.12. The molecule has 3 aromatic rings. The summed E-state index contributed by atoms with van der Waals surface area (Å²) in [6.07, 6.45) is 4.27. The summed E-state index contributed by atoms with van der Waals surface area (Å²) >= 11 is 0. The average Bonchev–Trinajstić information content (AvgIpc) is 3.63. The molecule has 0 spiro atoms. The number of esters is 1. The Morgan fingerprint density at radius 2 is 1.95 bits per heavy atom. The van der Waals surface area contributed by atoms with Crippen molar-refractivity contribution in [3.8, 4) is 5.88 Å². The molecule has 0 unspecified atom stereocenters. The first-order valence-electron chi connectivity index (χ1n) is 13.2. The number of nitrogens with one attached hydrogen (secondary N) is 1. The monoisotopic (exact) mass is 532 g/mol. The molecule has 3 atom stereocenters. The van der Waals surface area contributed by atoms with Crippen LogP contribution in [0.3, 0.4) is 0 Å². The van der Waals surface area contributed by atoms with Crippen LogP contribution in [-0.2, 0) is 15.1 Å². The number of nitrogens with zero attached hydrogens (tertiary/aromatic N) is 4. The van der Waals surface area contributed by atoms with E-state index in [0.717, 1.165) is 22.8 Å². The molecule has 4 heterocycles. The predicted molar refractivity (Wildman–Crippen MR) is 148 cm³/mol. The molecule has 1 aliphatic heterocycles. The number of fused-ring (bicyclic) bond motifs is 2. The van der Waals surface area contributed by atoms with Gasteiger partial charge in [0.1, 0.15) is 17.2 Å². The third-order valence-corrected chi connectivity index (χ3v) is 7.75. The molecule has 0 aromatic carbocycles. The summed E-state index contributed by atoms with van der Waals surface area (Å²) in [5, 5.41) is 4.88. The van der Waals surface area contributed by atoms with Crippen molar-refractivity contribution in [2.75, 3.05) is 26.0 Å². The van der Waals surface area contributed by atoms with Crippen molar-refractivity contribution in [3.05, 3.63) is 47.4 Å². The van der Waals surface area contributed by atoms with Crippen molar-refractivity contribution in [1.29, 1.82) is 0 Å². The van der Waals surface area contributed by atoms with Crippen molar-refractivity contribution < 1.29 is 19.1 Å². The summed E-state index contributed by atoms with van der Waals surface area (Å²) in [6, 6.07) is 5.38. The van der Waals surface area contributed by atoms with E-state index in [2.05, 4.69) is 15.3 Å². The summed E-state index contributed by atoms with van der Waals surface area (Å²) in [7, 11) is 3.54. The van der Waals surface area contributed by atoms with Crippen molar-refractivity contribution in [2.45, 2.75) is 58.1 Å². The van der Waals surface area contributed by atoms with Gasteiger partial charge in [0.25, 0.3) is 0 Å². The first kappa shape index (κ1) is 26.8. The minimum Gasteiger partial charge on any atom is -0.477 e. The first-order valence-corrected chi connectivity index (χ1v) is 13.2. The highest BCUT2D eigenvalue weighted by Crippen LogP contribution is 2.41. The number of carbonyl (C=O) groups excluding carboxylic acids is 2. The SMILES string of the molecule is C[C@@H]1c2nc(Nc3cc4c(C(C)(C)N)cnc(OC[C@@H]5C[C@H]5C(=O)N(C)C)c4cn3)ccc2C(=O)OC1(C)C. The van der Waals surface area contributed by atoms with Gasteiger partial charge in [-0.2, -0.15) is 0 Å². The molecule has 3 N–H and O–H groups in total. The van der Waals surface area contributed by atoms with E-state index in [4.69, 9.17) is 20.2 Å². The van der Waals surface area contributed by atoms with Crippen molar-refractivity contribution in [1.82, 2.24) is 19.9 Å². The summed E-state index contributed by atoms with van der Waals surface area (Å²) in [5.74, 6) is 1.47. The normalized spacial score (nSPS) is 21.6. The fraction of sp³-hybridized carbons (Fsp3) is 0.483. The summed E-state index contributed by atoms with van der Waals surface area (Å²) in [6.45, 7) is 10.0. The molecule has 0 radical (unpaired) electrons. The largest absolute Gasteiger partial charge is 0.477 e. The average molecular weight is 533 g/mol. The van der Waals surface area contributed by atoms with E-state index in [1.54, 1.807) is 43.5 Å². The molecule has 10 heteroatoms. The van der Waals surface area contributed by atoms with Crippen LogP contribution in [0.5, 0.6) is 5.88 Å². The highest BCUT2D eigenvalue weighted by atomic mass is 16.6. The number of aromatic nitrogens is 3. The molecule has 1 aliphatic carbocycles. The summed E-state index contributed by atoms with van der Waals surface area (Å²) < 4.78 is 11.7. The van der Waals surface area contributed by atoms with Gasteiger partial charge in [0.15, 0.2) is 0 Å². The van der Waals surface area contributed by atoms with Crippen molar-refractivity contribution in [3.63, 3.8) is 0 Å². The zero-order chi connectivity index (χ0) is 28.3. The number of anilines is 2. The van der Waals surface area contributed by atoms with Gasteiger partial charge in [-0.3, -0.25) is 4.79 Å². The number of amides is 1. The standard InChI is InChI=1S/C29H36N6O4/c1-15-24-17(27(37)39-29(15,4)5)8-9-22(34-24)33-23-11-19-20(12-31-23)25(32-13-21(19)28(2,3)30)38-14-16-10-18(16)26(36)35(6)7/h8-9,11-13,15-16,18H,10,14,30H2,1-7H3,(H,31,33,34)/t15-,16+,18-/m1/s1. The maximum Gasteiger partial charge on any atom is 0.340 e. The van der Waals surface area contributed by atoms with Crippen LogP contribution >= 0.6 is 0 Å². The van der Waals surface area contributed by atoms with Gasteiger partial charge in [0, 0.05) is 49.8 Å². The molecule has 5 rings (SSSR count). The Bertz CT molecular complexity index is 1460. The number of rotatable bonds is 7. The Kier molecular flexibility index (Phi) is 6.49. The molecular weight excluding hydrogens is 496 g/mol. The van der Waals surface area contributed by atoms with Crippen molar-refractivity contribution in [2.24, 2.45) is 17.6 Å². The van der Waals surface area contributed by atoms with Crippen LogP contribution in [0.4, 0.5) is 11.6 Å². The van der Waals surface area contributed by atoms with E-state index in [-0.39, 0.29) is 29.6 Å². The van der Waals surface area contributed by atoms with E-state index < -0.39 is 11.1 Å². The molecule has 1 fully saturated rings. The van der Waals surface area contributed by atoms with Crippen molar-refractivity contribution >= 4 is 34.3 Å². The van der Waals surface area contributed by atoms with Gasteiger partial charge in [-0.1, -0.05) is 6.92 Å². The van der Waals surface area contributed by atoms with E-state index in [0.29, 0.717) is 35.4 Å². The topological polar surface area (TPSA) is 133 Å². The summed E-state index contributed by atoms with van der Waals surface area (Å²) in [4.78, 5) is 40.2. The first-order chi connectivity index (χ1) is 18.3. The Morgan fingerprint density at radius 3 is 2.64 bits per heavy atom. The van der Waals surface area contributed by atoms with Gasteiger partial charge in [-0.15, -0.1) is 0 Å². The third-order valence-electron chi connectivity index (χ3n) is 7.75. The second-order valence-corrected chi connectivity index (χ2v) is 11.9. The zero-order valence-corrected chi connectivity index (χ0v) is 23.5. The van der Waals surface area contributed by atoms with Crippen LogP contribution in [-0.4, -0.2) is 58.0 Å². The lowest BCUT2D eigenvalue weighted by atomic mass is 9.84.